The lowest BCUT2D eigenvalue weighted by Gasteiger charge is -2.28. The average Bonchev–Trinajstić information content (AvgIpc) is 2.04. The van der Waals surface area contributed by atoms with Gasteiger partial charge in [-0.05, 0) is 12.8 Å². The highest BCUT2D eigenvalue weighted by Crippen LogP contribution is 2.10. The van der Waals surface area contributed by atoms with Gasteiger partial charge in [-0.2, -0.15) is 0 Å². The third-order valence-corrected chi connectivity index (χ3v) is 2.72. The number of hydrogen-bond donors (Lipinski definition) is 1. The van der Waals surface area contributed by atoms with Crippen molar-refractivity contribution in [3.63, 3.8) is 0 Å². The van der Waals surface area contributed by atoms with Crippen LogP contribution >= 0.6 is 0 Å². The van der Waals surface area contributed by atoms with Gasteiger partial charge in [-0.3, -0.25) is 4.79 Å². The van der Waals surface area contributed by atoms with Crippen LogP contribution in [0.25, 0.3) is 0 Å². The lowest BCUT2D eigenvalue weighted by molar-refractivity contribution is 0.0998. The van der Waals surface area contributed by atoms with E-state index in [4.69, 9.17) is 5.11 Å². The number of piperidine rings is 1. The number of carbonyl (C=O) groups is 1. The van der Waals surface area contributed by atoms with E-state index in [0.717, 1.165) is 0 Å². The summed E-state index contributed by atoms with van der Waals surface area (Å²) in [6, 6.07) is 0. The molecule has 1 rings (SSSR count). The van der Waals surface area contributed by atoms with Gasteiger partial charge in [0.05, 0.1) is 6.10 Å². The molecule has 12 heavy (non-hydrogen) atoms. The van der Waals surface area contributed by atoms with Crippen molar-refractivity contribution >= 4 is 16.0 Å². The zero-order chi connectivity index (χ0) is 9.14. The van der Waals surface area contributed by atoms with Crippen LogP contribution in [0.15, 0.2) is 0 Å². The normalized spacial score (nSPS) is 22.3. The number of aliphatic hydroxyl groups is 1. The number of likely N-dealkylation sites (tertiary alicyclic amines) is 1. The van der Waals surface area contributed by atoms with E-state index in [1.54, 1.807) is 4.90 Å². The molecule has 1 atom stereocenters. The molecule has 0 saturated carbocycles. The largest absolute Gasteiger partial charge is 0.393 e. The highest BCUT2D eigenvalue weighted by Gasteiger charge is 2.22. The molecule has 0 aromatic carbocycles. The molecule has 0 spiro atoms. The first-order valence-corrected chi connectivity index (χ1v) is 5.47. The van der Waals surface area contributed by atoms with Crippen molar-refractivity contribution in [2.24, 2.45) is 0 Å². The van der Waals surface area contributed by atoms with E-state index >= 15 is 0 Å². The van der Waals surface area contributed by atoms with Gasteiger partial charge < -0.3 is 10.0 Å². The van der Waals surface area contributed by atoms with Gasteiger partial charge >= 0.3 is 5.24 Å². The molecule has 1 aliphatic heterocycles. The fourth-order valence-electron chi connectivity index (χ4n) is 1.23. The Labute approximate surface area is 74.0 Å². The number of nitrogens with zero attached hydrogens (tertiary/aromatic N) is 1. The second-order valence-corrected chi connectivity index (χ2v) is 4.20. The summed E-state index contributed by atoms with van der Waals surface area (Å²) in [4.78, 5) is 12.7. The third-order valence-electron chi connectivity index (χ3n) is 1.97. The molecule has 1 amide bonds. The van der Waals surface area contributed by atoms with Gasteiger partial charge in [-0.15, -0.1) is 0 Å². The SMILES string of the molecule is C[S@@](=O)C(=O)N1CCC(O)CC1. The highest BCUT2D eigenvalue weighted by molar-refractivity contribution is 7.99. The van der Waals surface area contributed by atoms with Crippen LogP contribution in [0.4, 0.5) is 4.79 Å². The zero-order valence-corrected chi connectivity index (χ0v) is 7.84. The van der Waals surface area contributed by atoms with E-state index in [-0.39, 0.29) is 11.3 Å². The Bertz CT molecular complexity index is 199. The van der Waals surface area contributed by atoms with E-state index in [1.165, 1.54) is 6.26 Å². The number of carbonyl (C=O) groups excluding carboxylic acids is 1. The standard InChI is InChI=1S/C7H13NO3S/c1-12(11)7(10)8-4-2-6(9)3-5-8/h6,9H,2-5H2,1H3/t12-/m1/s1. The average molecular weight is 191 g/mol. The molecule has 5 heteroatoms. The Morgan fingerprint density at radius 1 is 1.50 bits per heavy atom. The van der Waals surface area contributed by atoms with Gasteiger partial charge in [0.15, 0.2) is 0 Å². The highest BCUT2D eigenvalue weighted by atomic mass is 32.2. The first-order valence-electron chi connectivity index (χ1n) is 3.91. The predicted molar refractivity (Wildman–Crippen MR) is 46.3 cm³/mol. The zero-order valence-electron chi connectivity index (χ0n) is 7.02. The van der Waals surface area contributed by atoms with Gasteiger partial charge in [-0.25, -0.2) is 4.21 Å². The Hall–Kier alpha value is -0.420. The van der Waals surface area contributed by atoms with Crippen LogP contribution in [0.5, 0.6) is 0 Å². The van der Waals surface area contributed by atoms with Crippen LogP contribution in [0.2, 0.25) is 0 Å². The van der Waals surface area contributed by atoms with Gasteiger partial charge in [-0.1, -0.05) is 0 Å². The fraction of sp³-hybridized carbons (Fsp3) is 0.857. The number of aliphatic hydroxyl groups excluding tert-OH is 1. The summed E-state index contributed by atoms with van der Waals surface area (Å²) in [5, 5.41) is 8.82. The molecule has 1 aliphatic rings. The third kappa shape index (κ3) is 2.28. The minimum atomic E-state index is -1.41. The van der Waals surface area contributed by atoms with Crippen molar-refractivity contribution in [2.75, 3.05) is 19.3 Å². The van der Waals surface area contributed by atoms with E-state index in [9.17, 15) is 9.00 Å². The molecular formula is C7H13NO3S. The lowest BCUT2D eigenvalue weighted by Crippen LogP contribution is -2.40. The molecular weight excluding hydrogens is 178 g/mol. The van der Waals surface area contributed by atoms with Gasteiger partial charge in [0, 0.05) is 19.3 Å². The molecule has 0 aromatic rings. The molecule has 0 aromatic heterocycles. The minimum Gasteiger partial charge on any atom is -0.393 e. The predicted octanol–water partition coefficient (Wildman–Crippen LogP) is -0.0584. The maximum atomic E-state index is 11.1. The Morgan fingerprint density at radius 2 is 2.00 bits per heavy atom. The molecule has 70 valence electrons. The van der Waals surface area contributed by atoms with Gasteiger partial charge in [0.25, 0.3) is 0 Å². The first-order chi connectivity index (χ1) is 5.61. The lowest BCUT2D eigenvalue weighted by atomic mass is 10.1. The van der Waals surface area contributed by atoms with E-state index in [0.29, 0.717) is 25.9 Å². The molecule has 0 bridgehead atoms. The van der Waals surface area contributed by atoms with E-state index < -0.39 is 10.8 Å². The molecule has 1 heterocycles. The fourth-order valence-corrected chi connectivity index (χ4v) is 1.78. The monoisotopic (exact) mass is 191 g/mol. The molecule has 1 fully saturated rings. The van der Waals surface area contributed by atoms with Crippen LogP contribution in [0.1, 0.15) is 12.8 Å². The van der Waals surface area contributed by atoms with Crippen molar-refractivity contribution in [3.05, 3.63) is 0 Å². The second-order valence-electron chi connectivity index (χ2n) is 2.94. The molecule has 1 N–H and O–H groups in total. The van der Waals surface area contributed by atoms with Crippen LogP contribution in [0.3, 0.4) is 0 Å². The van der Waals surface area contributed by atoms with Crippen molar-refractivity contribution in [2.45, 2.75) is 18.9 Å². The molecule has 0 unspecified atom stereocenters. The van der Waals surface area contributed by atoms with Crippen LogP contribution in [-0.4, -0.2) is 44.9 Å². The summed E-state index contributed by atoms with van der Waals surface area (Å²) in [7, 11) is -1.41. The summed E-state index contributed by atoms with van der Waals surface area (Å²) in [5.41, 5.74) is 0. The quantitative estimate of drug-likeness (QED) is 0.583. The number of amides is 1. The van der Waals surface area contributed by atoms with Gasteiger partial charge in [0.2, 0.25) is 0 Å². The maximum absolute atomic E-state index is 11.1. The minimum absolute atomic E-state index is 0.292. The summed E-state index contributed by atoms with van der Waals surface area (Å²) >= 11 is 0. The summed E-state index contributed by atoms with van der Waals surface area (Å²) in [5.74, 6) is 0. The maximum Gasteiger partial charge on any atom is 0.311 e. The van der Waals surface area contributed by atoms with E-state index in [2.05, 4.69) is 0 Å². The van der Waals surface area contributed by atoms with Crippen molar-refractivity contribution in [1.82, 2.24) is 4.90 Å². The molecule has 4 nitrogen and oxygen atoms in total. The topological polar surface area (TPSA) is 57.6 Å². The summed E-state index contributed by atoms with van der Waals surface area (Å²) in [6.45, 7) is 1.05. The molecule has 0 radical (unpaired) electrons. The number of rotatable bonds is 0. The smallest absolute Gasteiger partial charge is 0.311 e. The van der Waals surface area contributed by atoms with Crippen molar-refractivity contribution < 1.29 is 14.1 Å². The van der Waals surface area contributed by atoms with E-state index in [1.807, 2.05) is 0 Å². The Morgan fingerprint density at radius 3 is 2.42 bits per heavy atom. The number of hydrogen-bond acceptors (Lipinski definition) is 3. The van der Waals surface area contributed by atoms with Crippen LogP contribution < -0.4 is 0 Å². The summed E-state index contributed by atoms with van der Waals surface area (Å²) < 4.78 is 10.8. The van der Waals surface area contributed by atoms with Gasteiger partial charge in [0.1, 0.15) is 10.8 Å². The van der Waals surface area contributed by atoms with Crippen LogP contribution in [0, 0.1) is 0 Å². The van der Waals surface area contributed by atoms with Crippen LogP contribution in [-0.2, 0) is 10.8 Å². The second kappa shape index (κ2) is 4.00. The Kier molecular flexibility index (Phi) is 3.22. The molecule has 0 aliphatic carbocycles. The Balaban J connectivity index is 2.44. The van der Waals surface area contributed by atoms with Crippen molar-refractivity contribution in [3.8, 4) is 0 Å². The summed E-state index contributed by atoms with van der Waals surface area (Å²) in [6.07, 6.45) is 2.29. The van der Waals surface area contributed by atoms with Crippen molar-refractivity contribution in [1.29, 1.82) is 0 Å². The first kappa shape index (κ1) is 9.67. The molecule has 1 saturated heterocycles.